The Morgan fingerprint density at radius 3 is 2.71 bits per heavy atom. The van der Waals surface area contributed by atoms with Crippen LogP contribution >= 0.6 is 0 Å². The lowest BCUT2D eigenvalue weighted by Crippen LogP contribution is -2.37. The van der Waals surface area contributed by atoms with E-state index < -0.39 is 10.0 Å². The van der Waals surface area contributed by atoms with E-state index in [0.717, 1.165) is 18.4 Å². The van der Waals surface area contributed by atoms with Gasteiger partial charge in [-0.1, -0.05) is 35.5 Å². The molecule has 0 radical (unpaired) electrons. The van der Waals surface area contributed by atoms with Gasteiger partial charge in [0, 0.05) is 26.1 Å². The third kappa shape index (κ3) is 5.65. The van der Waals surface area contributed by atoms with Crippen molar-refractivity contribution >= 4 is 10.0 Å². The fraction of sp³-hybridized carbons (Fsp3) is 0.400. The van der Waals surface area contributed by atoms with Crippen LogP contribution in [0.5, 0.6) is 5.75 Å². The van der Waals surface area contributed by atoms with Crippen molar-refractivity contribution in [3.63, 3.8) is 0 Å². The van der Waals surface area contributed by atoms with Crippen LogP contribution in [0.15, 0.2) is 57.9 Å². The number of aryl methyl sites for hydroxylation is 2. The zero-order chi connectivity index (χ0) is 24.1. The van der Waals surface area contributed by atoms with Crippen molar-refractivity contribution in [3.05, 3.63) is 76.9 Å². The van der Waals surface area contributed by atoms with Crippen LogP contribution in [0.25, 0.3) is 0 Å². The topological polar surface area (TPSA) is 81.9 Å². The highest BCUT2D eigenvalue weighted by molar-refractivity contribution is 7.89. The Morgan fingerprint density at radius 2 is 2.00 bits per heavy atom. The molecule has 2 heterocycles. The van der Waals surface area contributed by atoms with Gasteiger partial charge in [0.2, 0.25) is 10.0 Å². The maximum Gasteiger partial charge on any atom is 0.248 e. The lowest BCUT2D eigenvalue weighted by atomic mass is 10.1. The molecule has 0 N–H and O–H groups in total. The molecule has 3 aromatic rings. The summed E-state index contributed by atoms with van der Waals surface area (Å²) in [7, 11) is -3.86. The van der Waals surface area contributed by atoms with Gasteiger partial charge in [-0.15, -0.1) is 0 Å². The molecule has 9 heteroatoms. The Hall–Kier alpha value is -2.75. The second-order valence-corrected chi connectivity index (χ2v) is 10.3. The Morgan fingerprint density at radius 1 is 1.18 bits per heavy atom. The molecule has 1 saturated heterocycles. The van der Waals surface area contributed by atoms with Gasteiger partial charge in [0.25, 0.3) is 0 Å². The van der Waals surface area contributed by atoms with E-state index in [4.69, 9.17) is 14.0 Å². The zero-order valence-corrected chi connectivity index (χ0v) is 20.2. The van der Waals surface area contributed by atoms with Crippen LogP contribution in [0.3, 0.4) is 0 Å². The normalized spacial score (nSPS) is 16.3. The smallest absolute Gasteiger partial charge is 0.248 e. The van der Waals surface area contributed by atoms with Gasteiger partial charge >= 0.3 is 0 Å². The Bertz CT molecular complexity index is 1200. The van der Waals surface area contributed by atoms with Gasteiger partial charge in [-0.2, -0.15) is 4.31 Å². The van der Waals surface area contributed by atoms with E-state index in [9.17, 15) is 12.8 Å². The second kappa shape index (κ2) is 10.7. The standard InChI is InChI=1S/C25H29FN2O5S/c1-18-25(19(2)33-27-18)34(29,30)28(17-23-10-6-13-31-23)16-20-7-5-9-22(15-20)32-14-12-21-8-3-4-11-24(21)26/h3-5,7-9,11,15,23H,6,10,12-14,16-17H2,1-2H3. The third-order valence-electron chi connectivity index (χ3n) is 5.85. The molecule has 7 nitrogen and oxygen atoms in total. The van der Waals surface area contributed by atoms with Crippen molar-refractivity contribution < 1.29 is 26.8 Å². The second-order valence-electron chi connectivity index (χ2n) is 8.42. The van der Waals surface area contributed by atoms with Crippen molar-refractivity contribution in [1.82, 2.24) is 9.46 Å². The monoisotopic (exact) mass is 488 g/mol. The maximum absolute atomic E-state index is 13.8. The first-order valence-corrected chi connectivity index (χ1v) is 12.8. The molecule has 0 aliphatic carbocycles. The first kappa shape index (κ1) is 24.4. The average Bonchev–Trinajstić information content (AvgIpc) is 3.44. The highest BCUT2D eigenvalue weighted by Gasteiger charge is 2.33. The molecule has 1 aliphatic heterocycles. The summed E-state index contributed by atoms with van der Waals surface area (Å²) >= 11 is 0. The maximum atomic E-state index is 13.8. The Balaban J connectivity index is 1.50. The van der Waals surface area contributed by atoms with Crippen LogP contribution in [0.2, 0.25) is 0 Å². The third-order valence-corrected chi connectivity index (χ3v) is 7.91. The van der Waals surface area contributed by atoms with Crippen molar-refractivity contribution in [3.8, 4) is 5.75 Å². The van der Waals surface area contributed by atoms with Gasteiger partial charge in [-0.3, -0.25) is 0 Å². The number of nitrogens with zero attached hydrogens (tertiary/aromatic N) is 2. The molecule has 1 aliphatic rings. The first-order chi connectivity index (χ1) is 16.3. The Kier molecular flexibility index (Phi) is 7.65. The van der Waals surface area contributed by atoms with Crippen LogP contribution in [0.4, 0.5) is 4.39 Å². The van der Waals surface area contributed by atoms with E-state index in [1.807, 2.05) is 18.2 Å². The van der Waals surface area contributed by atoms with Crippen molar-refractivity contribution in [2.24, 2.45) is 0 Å². The van der Waals surface area contributed by atoms with Crippen molar-refractivity contribution in [1.29, 1.82) is 0 Å². The van der Waals surface area contributed by atoms with Crippen LogP contribution < -0.4 is 4.74 Å². The van der Waals surface area contributed by atoms with Crippen molar-refractivity contribution in [2.75, 3.05) is 19.8 Å². The van der Waals surface area contributed by atoms with Crippen LogP contribution in [0, 0.1) is 19.7 Å². The van der Waals surface area contributed by atoms with Gasteiger partial charge in [-0.25, -0.2) is 12.8 Å². The average molecular weight is 489 g/mol. The molecular weight excluding hydrogens is 459 g/mol. The van der Waals surface area contributed by atoms with E-state index >= 15 is 0 Å². The SMILES string of the molecule is Cc1noc(C)c1S(=O)(=O)N(Cc1cccc(OCCc2ccccc2F)c1)CC1CCCO1. The van der Waals surface area contributed by atoms with E-state index in [1.54, 1.807) is 38.1 Å². The molecular formula is C25H29FN2O5S. The molecule has 4 rings (SSSR count). The molecule has 1 fully saturated rings. The molecule has 1 unspecified atom stereocenters. The number of sulfonamides is 1. The highest BCUT2D eigenvalue weighted by Crippen LogP contribution is 2.27. The van der Waals surface area contributed by atoms with Gasteiger partial charge in [0.05, 0.1) is 12.7 Å². The van der Waals surface area contributed by atoms with Gasteiger partial charge in [0.15, 0.2) is 5.76 Å². The number of aromatic nitrogens is 1. The summed E-state index contributed by atoms with van der Waals surface area (Å²) in [6.07, 6.45) is 2.00. The van der Waals surface area contributed by atoms with Crippen LogP contribution in [-0.2, 0) is 27.7 Å². The van der Waals surface area contributed by atoms with Crippen molar-refractivity contribution in [2.45, 2.75) is 50.7 Å². The fourth-order valence-corrected chi connectivity index (χ4v) is 5.90. The van der Waals surface area contributed by atoms with E-state index in [2.05, 4.69) is 5.16 Å². The molecule has 2 aromatic carbocycles. The van der Waals surface area contributed by atoms with Gasteiger partial charge < -0.3 is 14.0 Å². The molecule has 1 aromatic heterocycles. The molecule has 0 spiro atoms. The van der Waals surface area contributed by atoms with E-state index in [0.29, 0.717) is 36.6 Å². The summed E-state index contributed by atoms with van der Waals surface area (Å²) in [5, 5.41) is 3.82. The van der Waals surface area contributed by atoms with E-state index in [1.165, 1.54) is 10.4 Å². The lowest BCUT2D eigenvalue weighted by molar-refractivity contribution is 0.0925. The molecule has 1 atom stereocenters. The minimum atomic E-state index is -3.86. The summed E-state index contributed by atoms with van der Waals surface area (Å²) in [6, 6.07) is 13.9. The summed E-state index contributed by atoms with van der Waals surface area (Å²) < 4.78 is 59.1. The van der Waals surface area contributed by atoms with Gasteiger partial charge in [-0.05, 0) is 56.0 Å². The number of hydrogen-bond donors (Lipinski definition) is 0. The summed E-state index contributed by atoms with van der Waals surface area (Å²) in [5.41, 5.74) is 1.70. The quantitative estimate of drug-likeness (QED) is 0.420. The molecule has 182 valence electrons. The zero-order valence-electron chi connectivity index (χ0n) is 19.4. The van der Waals surface area contributed by atoms with Gasteiger partial charge in [0.1, 0.15) is 22.2 Å². The summed E-state index contributed by atoms with van der Waals surface area (Å²) in [4.78, 5) is 0.0998. The number of ether oxygens (including phenoxy) is 2. The fourth-order valence-electron chi connectivity index (χ4n) is 4.15. The summed E-state index contributed by atoms with van der Waals surface area (Å²) in [6.45, 7) is 4.55. The van der Waals surface area contributed by atoms with Crippen LogP contribution in [-0.4, -0.2) is 43.7 Å². The minimum absolute atomic E-state index is 0.0998. The molecule has 0 saturated carbocycles. The number of benzene rings is 2. The first-order valence-electron chi connectivity index (χ1n) is 11.3. The lowest BCUT2D eigenvalue weighted by Gasteiger charge is -2.25. The predicted octanol–water partition coefficient (Wildman–Crippen LogP) is 4.42. The number of hydrogen-bond acceptors (Lipinski definition) is 6. The molecule has 34 heavy (non-hydrogen) atoms. The predicted molar refractivity (Wildman–Crippen MR) is 125 cm³/mol. The Labute approximate surface area is 199 Å². The van der Waals surface area contributed by atoms with Crippen LogP contribution in [0.1, 0.15) is 35.4 Å². The minimum Gasteiger partial charge on any atom is -0.493 e. The van der Waals surface area contributed by atoms with E-state index in [-0.39, 0.29) is 35.7 Å². The largest absolute Gasteiger partial charge is 0.493 e. The number of rotatable bonds is 10. The highest BCUT2D eigenvalue weighted by atomic mass is 32.2. The summed E-state index contributed by atoms with van der Waals surface area (Å²) in [5.74, 6) is 0.606. The molecule has 0 bridgehead atoms. The number of halogens is 1. The molecule has 0 amide bonds.